The van der Waals surface area contributed by atoms with E-state index in [4.69, 9.17) is 16.9 Å². The minimum Gasteiger partial charge on any atom is -0.278 e. The van der Waals surface area contributed by atoms with Gasteiger partial charge in [-0.3, -0.25) is 13.9 Å². The molecular weight excluding hydrogens is 292 g/mol. The minimum absolute atomic E-state index is 0.252. The number of aliphatic imine (C=N–C) groups is 1. The predicted octanol–water partition coefficient (Wildman–Crippen LogP) is 1.94. The molecule has 7 heteroatoms. The predicted molar refractivity (Wildman–Crippen MR) is 81.4 cm³/mol. The van der Waals surface area contributed by atoms with Crippen molar-refractivity contribution in [1.82, 2.24) is 9.13 Å². The van der Waals surface area contributed by atoms with Gasteiger partial charge in [0.2, 0.25) is 0 Å². The van der Waals surface area contributed by atoms with Crippen molar-refractivity contribution in [2.45, 2.75) is 52.1 Å². The van der Waals surface area contributed by atoms with Crippen molar-refractivity contribution in [1.29, 1.82) is 5.26 Å². The van der Waals surface area contributed by atoms with Crippen LogP contribution < -0.4 is 11.2 Å². The third-order valence-electron chi connectivity index (χ3n) is 3.45. The third kappa shape index (κ3) is 3.08. The summed E-state index contributed by atoms with van der Waals surface area (Å²) in [7, 11) is 0. The summed E-state index contributed by atoms with van der Waals surface area (Å²) in [6, 6.07) is 2.02. The topological polar surface area (TPSA) is 80.1 Å². The first-order valence-electron chi connectivity index (χ1n) is 7.06. The fraction of sp³-hybridized carbons (Fsp3) is 0.571. The lowest BCUT2D eigenvalue weighted by Gasteiger charge is -2.13. The first-order chi connectivity index (χ1) is 10.1. The van der Waals surface area contributed by atoms with E-state index in [1.165, 1.54) is 9.13 Å². The number of nitriles is 1. The average molecular weight is 309 g/mol. The molecule has 1 aliphatic rings. The second kappa shape index (κ2) is 6.72. The Balaban J connectivity index is 2.50. The summed E-state index contributed by atoms with van der Waals surface area (Å²) >= 11 is 5.93. The van der Waals surface area contributed by atoms with Crippen LogP contribution in [0.4, 0.5) is 5.82 Å². The standard InChI is InChI=1S/C14H17ClN4O2/c1-2-3-7-18-12-10(9-11(15)17-12)13(20)19(14(18)21)8-5-4-6-16/h2-5,7-9H2,1H3. The SMILES string of the molecule is CCCCn1c2c(c(=O)n(CCCC#N)c1=O)CC(Cl)=N2. The van der Waals surface area contributed by atoms with E-state index in [0.717, 1.165) is 12.8 Å². The molecular formula is C14H17ClN4O2. The molecule has 112 valence electrons. The fourth-order valence-electron chi connectivity index (χ4n) is 2.36. The minimum atomic E-state index is -0.361. The molecule has 0 bridgehead atoms. The number of halogens is 1. The molecule has 1 aromatic rings. The van der Waals surface area contributed by atoms with Gasteiger partial charge < -0.3 is 0 Å². The maximum atomic E-state index is 12.5. The molecule has 1 aliphatic heterocycles. The summed E-state index contributed by atoms with van der Waals surface area (Å²) in [5.41, 5.74) is -0.215. The molecule has 0 saturated heterocycles. The van der Waals surface area contributed by atoms with E-state index >= 15 is 0 Å². The monoisotopic (exact) mass is 308 g/mol. The van der Waals surface area contributed by atoms with Crippen molar-refractivity contribution in [2.24, 2.45) is 4.99 Å². The third-order valence-corrected chi connectivity index (χ3v) is 3.66. The van der Waals surface area contributed by atoms with Crippen LogP contribution >= 0.6 is 11.6 Å². The lowest BCUT2D eigenvalue weighted by Crippen LogP contribution is -2.41. The van der Waals surface area contributed by atoms with Gasteiger partial charge in [0.05, 0.1) is 11.6 Å². The number of fused-ring (bicyclic) bond motifs is 1. The zero-order valence-corrected chi connectivity index (χ0v) is 12.7. The first-order valence-corrected chi connectivity index (χ1v) is 7.44. The molecule has 0 fully saturated rings. The van der Waals surface area contributed by atoms with Crippen LogP contribution in [0.5, 0.6) is 0 Å². The van der Waals surface area contributed by atoms with Crippen molar-refractivity contribution >= 4 is 22.6 Å². The largest absolute Gasteiger partial charge is 0.332 e. The molecule has 1 aromatic heterocycles. The van der Waals surface area contributed by atoms with Gasteiger partial charge in [-0.15, -0.1) is 0 Å². The normalized spacial score (nSPS) is 12.9. The number of rotatable bonds is 6. The van der Waals surface area contributed by atoms with Crippen LogP contribution in [0.15, 0.2) is 14.6 Å². The number of hydrogen-bond donors (Lipinski definition) is 0. The van der Waals surface area contributed by atoms with Crippen molar-refractivity contribution in [3.05, 3.63) is 26.4 Å². The summed E-state index contributed by atoms with van der Waals surface area (Å²) in [5, 5.41) is 8.92. The Morgan fingerprint density at radius 1 is 1.29 bits per heavy atom. The van der Waals surface area contributed by atoms with Gasteiger partial charge >= 0.3 is 5.69 Å². The average Bonchev–Trinajstić information content (AvgIpc) is 2.84. The highest BCUT2D eigenvalue weighted by Gasteiger charge is 2.24. The van der Waals surface area contributed by atoms with Gasteiger partial charge in [0.25, 0.3) is 5.56 Å². The van der Waals surface area contributed by atoms with Gasteiger partial charge in [-0.1, -0.05) is 24.9 Å². The Hall–Kier alpha value is -1.87. The molecule has 0 amide bonds. The molecule has 0 unspecified atom stereocenters. The highest BCUT2D eigenvalue weighted by atomic mass is 35.5. The Morgan fingerprint density at radius 3 is 2.67 bits per heavy atom. The van der Waals surface area contributed by atoms with Gasteiger partial charge in [0.15, 0.2) is 0 Å². The van der Waals surface area contributed by atoms with Crippen molar-refractivity contribution in [2.75, 3.05) is 0 Å². The summed E-state index contributed by atoms with van der Waals surface area (Å²) in [4.78, 5) is 29.0. The smallest absolute Gasteiger partial charge is 0.278 e. The zero-order valence-electron chi connectivity index (χ0n) is 11.9. The summed E-state index contributed by atoms with van der Waals surface area (Å²) in [6.07, 6.45) is 2.84. The highest BCUT2D eigenvalue weighted by Crippen LogP contribution is 2.24. The molecule has 0 aromatic carbocycles. The van der Waals surface area contributed by atoms with Crippen LogP contribution in [0, 0.1) is 11.3 Å². The summed E-state index contributed by atoms with van der Waals surface area (Å²) < 4.78 is 2.73. The van der Waals surface area contributed by atoms with E-state index in [1.807, 2.05) is 13.0 Å². The van der Waals surface area contributed by atoms with Crippen LogP contribution in [0.3, 0.4) is 0 Å². The number of nitrogens with zero attached hydrogens (tertiary/aromatic N) is 4. The van der Waals surface area contributed by atoms with E-state index < -0.39 is 0 Å². The Kier molecular flexibility index (Phi) is 4.97. The molecule has 0 atom stereocenters. The van der Waals surface area contributed by atoms with Gasteiger partial charge in [-0.2, -0.15) is 5.26 Å². The van der Waals surface area contributed by atoms with E-state index in [1.54, 1.807) is 0 Å². The van der Waals surface area contributed by atoms with Crippen molar-refractivity contribution in [3.63, 3.8) is 0 Å². The van der Waals surface area contributed by atoms with Gasteiger partial charge in [-0.05, 0) is 12.8 Å². The van der Waals surface area contributed by atoms with Crippen LogP contribution in [0.2, 0.25) is 0 Å². The van der Waals surface area contributed by atoms with Gasteiger partial charge in [0, 0.05) is 25.9 Å². The highest BCUT2D eigenvalue weighted by molar-refractivity contribution is 6.66. The zero-order chi connectivity index (χ0) is 15.4. The van der Waals surface area contributed by atoms with Gasteiger partial charge in [-0.25, -0.2) is 9.79 Å². The molecule has 0 aliphatic carbocycles. The second-order valence-corrected chi connectivity index (χ2v) is 5.41. The maximum Gasteiger partial charge on any atom is 0.332 e. The Labute approximate surface area is 127 Å². The molecule has 0 N–H and O–H groups in total. The molecule has 0 spiro atoms. The summed E-state index contributed by atoms with van der Waals surface area (Å²) in [5.74, 6) is 0.403. The maximum absolute atomic E-state index is 12.5. The number of aromatic nitrogens is 2. The first kappa shape index (κ1) is 15.5. The Bertz CT molecular complexity index is 724. The summed E-state index contributed by atoms with van der Waals surface area (Å²) in [6.45, 7) is 2.80. The molecule has 2 heterocycles. The van der Waals surface area contributed by atoms with E-state index in [0.29, 0.717) is 35.9 Å². The lowest BCUT2D eigenvalue weighted by molar-refractivity contribution is 0.523. The molecule has 6 nitrogen and oxygen atoms in total. The number of unbranched alkanes of at least 4 members (excludes halogenated alkanes) is 2. The molecule has 0 radical (unpaired) electrons. The van der Waals surface area contributed by atoms with Crippen molar-refractivity contribution in [3.8, 4) is 6.07 Å². The van der Waals surface area contributed by atoms with Crippen LogP contribution in [-0.4, -0.2) is 14.3 Å². The van der Waals surface area contributed by atoms with E-state index in [-0.39, 0.29) is 24.2 Å². The van der Waals surface area contributed by atoms with Crippen LogP contribution in [-0.2, 0) is 19.5 Å². The Morgan fingerprint density at radius 2 is 2.00 bits per heavy atom. The lowest BCUT2D eigenvalue weighted by atomic mass is 10.2. The van der Waals surface area contributed by atoms with Crippen LogP contribution in [0.25, 0.3) is 0 Å². The number of hydrogen-bond acceptors (Lipinski definition) is 4. The molecule has 21 heavy (non-hydrogen) atoms. The van der Waals surface area contributed by atoms with E-state index in [2.05, 4.69) is 4.99 Å². The molecule has 0 saturated carbocycles. The van der Waals surface area contributed by atoms with Crippen LogP contribution in [0.1, 0.15) is 38.2 Å². The fourth-order valence-corrected chi connectivity index (χ4v) is 2.57. The molecule has 2 rings (SSSR count). The quantitative estimate of drug-likeness (QED) is 0.753. The second-order valence-electron chi connectivity index (χ2n) is 4.97. The van der Waals surface area contributed by atoms with Crippen molar-refractivity contribution < 1.29 is 0 Å². The van der Waals surface area contributed by atoms with E-state index in [9.17, 15) is 9.59 Å². The van der Waals surface area contributed by atoms with Gasteiger partial charge in [0.1, 0.15) is 11.0 Å².